The van der Waals surface area contributed by atoms with E-state index in [1.54, 1.807) is 10.7 Å². The molecule has 1 unspecified atom stereocenters. The molecule has 9 nitrogen and oxygen atoms in total. The van der Waals surface area contributed by atoms with E-state index in [9.17, 15) is 14.4 Å². The number of halogens is 1. The van der Waals surface area contributed by atoms with Gasteiger partial charge >= 0.3 is 12.0 Å². The van der Waals surface area contributed by atoms with Crippen LogP contribution < -0.4 is 10.6 Å². The summed E-state index contributed by atoms with van der Waals surface area (Å²) in [6.45, 7) is 5.08. The van der Waals surface area contributed by atoms with Gasteiger partial charge in [0.05, 0.1) is 10.7 Å². The van der Waals surface area contributed by atoms with Crippen molar-refractivity contribution in [1.29, 1.82) is 0 Å². The number of aryl methyl sites for hydroxylation is 2. The molecule has 1 aliphatic rings. The fourth-order valence-corrected chi connectivity index (χ4v) is 3.69. The normalized spacial score (nSPS) is 15.2. The second-order valence-electron chi connectivity index (χ2n) is 7.68. The molecule has 1 aliphatic carbocycles. The molecule has 0 spiro atoms. The Kier molecular flexibility index (Phi) is 7.27. The third-order valence-corrected chi connectivity index (χ3v) is 5.39. The van der Waals surface area contributed by atoms with E-state index in [1.165, 1.54) is 13.0 Å². The van der Waals surface area contributed by atoms with E-state index in [4.69, 9.17) is 16.3 Å². The van der Waals surface area contributed by atoms with E-state index >= 15 is 0 Å². The summed E-state index contributed by atoms with van der Waals surface area (Å²) >= 11 is 6.12. The van der Waals surface area contributed by atoms with Gasteiger partial charge < -0.3 is 10.1 Å². The zero-order valence-corrected chi connectivity index (χ0v) is 18.5. The highest BCUT2D eigenvalue weighted by Crippen LogP contribution is 2.19. The fraction of sp³-hybridized carbons (Fsp3) is 0.476. The van der Waals surface area contributed by atoms with Gasteiger partial charge in [-0.2, -0.15) is 5.10 Å². The van der Waals surface area contributed by atoms with E-state index in [0.29, 0.717) is 5.82 Å². The molecule has 31 heavy (non-hydrogen) atoms. The predicted molar refractivity (Wildman–Crippen MR) is 114 cm³/mol. The largest absolute Gasteiger partial charge is 0.448 e. The molecular weight excluding hydrogens is 422 g/mol. The van der Waals surface area contributed by atoms with E-state index in [0.717, 1.165) is 43.5 Å². The number of nitrogens with one attached hydrogen (secondary N) is 2. The topological polar surface area (TPSA) is 115 Å². The first-order valence-corrected chi connectivity index (χ1v) is 10.6. The number of hydrogen-bond acceptors (Lipinski definition) is 6. The first kappa shape index (κ1) is 22.7. The van der Waals surface area contributed by atoms with Crippen molar-refractivity contribution in [2.24, 2.45) is 0 Å². The third-order valence-electron chi connectivity index (χ3n) is 5.08. The first-order valence-electron chi connectivity index (χ1n) is 10.3. The van der Waals surface area contributed by atoms with Gasteiger partial charge in [0.1, 0.15) is 0 Å². The maximum atomic E-state index is 12.6. The molecular formula is C21H26ClN5O4. The summed E-state index contributed by atoms with van der Waals surface area (Å²) < 4.78 is 6.77. The van der Waals surface area contributed by atoms with Gasteiger partial charge in [0.2, 0.25) is 0 Å². The van der Waals surface area contributed by atoms with E-state index in [-0.39, 0.29) is 16.8 Å². The molecule has 0 radical (unpaired) electrons. The van der Waals surface area contributed by atoms with E-state index in [1.807, 2.05) is 19.9 Å². The van der Waals surface area contributed by atoms with Gasteiger partial charge in [-0.1, -0.05) is 30.9 Å². The molecule has 10 heteroatoms. The van der Waals surface area contributed by atoms with Crippen molar-refractivity contribution in [3.05, 3.63) is 40.3 Å². The van der Waals surface area contributed by atoms with Crippen LogP contribution in [-0.2, 0) is 9.53 Å². The van der Waals surface area contributed by atoms with Crippen LogP contribution in [0.2, 0.25) is 5.02 Å². The minimum atomic E-state index is -1.21. The Balaban J connectivity index is 1.62. The molecule has 166 valence electrons. The molecule has 2 N–H and O–H groups in total. The number of carbonyl (C=O) groups is 3. The number of hydrogen-bond donors (Lipinski definition) is 2. The van der Waals surface area contributed by atoms with Crippen molar-refractivity contribution < 1.29 is 19.1 Å². The van der Waals surface area contributed by atoms with E-state index in [2.05, 4.69) is 20.7 Å². The molecule has 0 saturated heterocycles. The monoisotopic (exact) mass is 447 g/mol. The third kappa shape index (κ3) is 5.81. The molecule has 2 aromatic heterocycles. The van der Waals surface area contributed by atoms with Crippen LogP contribution in [-0.4, -0.2) is 44.8 Å². The lowest BCUT2D eigenvalue weighted by molar-refractivity contribution is -0.127. The molecule has 0 aliphatic heterocycles. The summed E-state index contributed by atoms with van der Waals surface area (Å²) in [6.07, 6.45) is 3.83. The highest BCUT2D eigenvalue weighted by Gasteiger charge is 2.25. The lowest BCUT2D eigenvalue weighted by Gasteiger charge is -2.23. The average Bonchev–Trinajstić information content (AvgIpc) is 3.06. The van der Waals surface area contributed by atoms with Crippen LogP contribution >= 0.6 is 11.6 Å². The Labute approximate surface area is 185 Å². The highest BCUT2D eigenvalue weighted by molar-refractivity contribution is 6.33. The average molecular weight is 448 g/mol. The molecule has 2 heterocycles. The molecule has 3 amide bonds. The second kappa shape index (κ2) is 9.91. The van der Waals surface area contributed by atoms with Crippen molar-refractivity contribution in [3.63, 3.8) is 0 Å². The van der Waals surface area contributed by atoms with Crippen LogP contribution in [0, 0.1) is 13.8 Å². The number of esters is 1. The summed E-state index contributed by atoms with van der Waals surface area (Å²) in [5, 5.41) is 9.40. The minimum Gasteiger partial charge on any atom is -0.448 e. The van der Waals surface area contributed by atoms with Gasteiger partial charge in [-0.3, -0.25) is 10.1 Å². The van der Waals surface area contributed by atoms with Gasteiger partial charge in [-0.15, -0.1) is 0 Å². The summed E-state index contributed by atoms with van der Waals surface area (Å²) in [5.74, 6) is -1.21. The van der Waals surface area contributed by atoms with Crippen molar-refractivity contribution in [3.8, 4) is 5.82 Å². The number of imide groups is 1. The number of amides is 3. The van der Waals surface area contributed by atoms with Crippen LogP contribution in [0.5, 0.6) is 0 Å². The Morgan fingerprint density at radius 2 is 1.90 bits per heavy atom. The van der Waals surface area contributed by atoms with Crippen molar-refractivity contribution in [1.82, 2.24) is 25.4 Å². The van der Waals surface area contributed by atoms with Gasteiger partial charge in [0.15, 0.2) is 17.6 Å². The Morgan fingerprint density at radius 1 is 1.19 bits per heavy atom. The standard InChI is InChI=1S/C21H26ClN5O4/c1-12-11-13(2)27(26-12)17-10-9-16(22)18(24-17)20(29)31-14(3)19(28)25-21(30)23-15-7-5-4-6-8-15/h9-11,14-15H,4-8H2,1-3H3,(H2,23,25,28,30). The number of urea groups is 1. The lowest BCUT2D eigenvalue weighted by Crippen LogP contribution is -2.48. The molecule has 1 atom stereocenters. The van der Waals surface area contributed by atoms with Crippen molar-refractivity contribution >= 4 is 29.5 Å². The highest BCUT2D eigenvalue weighted by atomic mass is 35.5. The SMILES string of the molecule is Cc1cc(C)n(-c2ccc(Cl)c(C(=O)OC(C)C(=O)NC(=O)NC3CCCCC3)n2)n1. The van der Waals surface area contributed by atoms with Crippen LogP contribution in [0.25, 0.3) is 5.82 Å². The molecule has 2 aromatic rings. The summed E-state index contributed by atoms with van der Waals surface area (Å²) in [5.41, 5.74) is 1.50. The number of rotatable bonds is 5. The Morgan fingerprint density at radius 3 is 2.55 bits per heavy atom. The zero-order valence-electron chi connectivity index (χ0n) is 17.8. The molecule has 1 fully saturated rings. The van der Waals surface area contributed by atoms with Crippen LogP contribution in [0.4, 0.5) is 4.79 Å². The summed E-state index contributed by atoms with van der Waals surface area (Å²) in [4.78, 5) is 41.1. The maximum Gasteiger partial charge on any atom is 0.359 e. The maximum absolute atomic E-state index is 12.6. The number of nitrogens with zero attached hydrogens (tertiary/aromatic N) is 3. The fourth-order valence-electron chi connectivity index (χ4n) is 3.51. The van der Waals surface area contributed by atoms with Gasteiger partial charge in [-0.25, -0.2) is 19.3 Å². The van der Waals surface area contributed by atoms with E-state index < -0.39 is 24.0 Å². The van der Waals surface area contributed by atoms with Crippen LogP contribution in [0.3, 0.4) is 0 Å². The van der Waals surface area contributed by atoms with Crippen LogP contribution in [0.1, 0.15) is 60.9 Å². The molecule has 3 rings (SSSR count). The quantitative estimate of drug-likeness (QED) is 0.680. The second-order valence-corrected chi connectivity index (χ2v) is 8.09. The minimum absolute atomic E-state index is 0.0551. The van der Waals surface area contributed by atoms with Crippen LogP contribution in [0.15, 0.2) is 18.2 Å². The lowest BCUT2D eigenvalue weighted by atomic mass is 9.96. The zero-order chi connectivity index (χ0) is 22.5. The van der Waals surface area contributed by atoms with Gasteiger partial charge in [0.25, 0.3) is 5.91 Å². The number of ether oxygens (including phenoxy) is 1. The summed E-state index contributed by atoms with van der Waals surface area (Å²) in [6, 6.07) is 4.48. The Bertz CT molecular complexity index is 984. The first-order chi connectivity index (χ1) is 14.7. The number of aromatic nitrogens is 3. The smallest absolute Gasteiger partial charge is 0.359 e. The predicted octanol–water partition coefficient (Wildman–Crippen LogP) is 3.24. The number of pyridine rings is 1. The molecule has 0 bridgehead atoms. The van der Waals surface area contributed by atoms with Crippen molar-refractivity contribution in [2.45, 2.75) is 65.0 Å². The van der Waals surface area contributed by atoms with Gasteiger partial charge in [-0.05, 0) is 51.8 Å². The van der Waals surface area contributed by atoms with Gasteiger partial charge in [0, 0.05) is 11.7 Å². The number of carbonyl (C=O) groups excluding carboxylic acids is 3. The molecule has 0 aromatic carbocycles. The molecule has 1 saturated carbocycles. The summed E-state index contributed by atoms with van der Waals surface area (Å²) in [7, 11) is 0. The Hall–Kier alpha value is -2.94. The van der Waals surface area contributed by atoms with Crippen molar-refractivity contribution in [2.75, 3.05) is 0 Å².